The number of amides is 1. The van der Waals surface area contributed by atoms with Gasteiger partial charge in [0.2, 0.25) is 0 Å². The van der Waals surface area contributed by atoms with Crippen molar-refractivity contribution in [1.29, 1.82) is 0 Å². The molecule has 0 saturated carbocycles. The number of hydrogen-bond donors (Lipinski definition) is 0. The van der Waals surface area contributed by atoms with Gasteiger partial charge in [0.1, 0.15) is 10.4 Å². The van der Waals surface area contributed by atoms with Crippen molar-refractivity contribution in [3.8, 4) is 11.5 Å². The molecule has 1 aliphatic rings. The lowest BCUT2D eigenvalue weighted by atomic mass is 10.1. The predicted molar refractivity (Wildman–Crippen MR) is 118 cm³/mol. The highest BCUT2D eigenvalue weighted by molar-refractivity contribution is 8.26. The van der Waals surface area contributed by atoms with E-state index in [1.54, 1.807) is 54.6 Å². The molecule has 0 aliphatic carbocycles. The summed E-state index contributed by atoms with van der Waals surface area (Å²) in [6.45, 7) is 4.73. The standard InChI is InChI=1S/C22H21NO5S2/c1-3-27-16-11-10-14(12-17(16)28-4-2)13-18-20(24)23(22(29)30-18)19(21(25)26)15-8-6-5-7-9-15/h5-13,19H,3-4H2,1-2H3,(H,25,26)/p-1/b18-13+/t19-/m0/s1. The van der Waals surface area contributed by atoms with Crippen LogP contribution < -0.4 is 14.6 Å². The van der Waals surface area contributed by atoms with E-state index in [0.717, 1.165) is 16.7 Å². The van der Waals surface area contributed by atoms with E-state index in [1.165, 1.54) is 0 Å². The summed E-state index contributed by atoms with van der Waals surface area (Å²) in [4.78, 5) is 26.3. The number of carbonyl (C=O) groups is 2. The third-order valence-corrected chi connectivity index (χ3v) is 5.62. The monoisotopic (exact) mass is 442 g/mol. The van der Waals surface area contributed by atoms with Gasteiger partial charge in [0.15, 0.2) is 11.5 Å². The fraction of sp³-hybridized carbons (Fsp3) is 0.227. The summed E-state index contributed by atoms with van der Waals surface area (Å²) in [5.41, 5.74) is 1.14. The minimum Gasteiger partial charge on any atom is -0.547 e. The molecule has 0 unspecified atom stereocenters. The average Bonchev–Trinajstić information content (AvgIpc) is 2.99. The van der Waals surface area contributed by atoms with Crippen LogP contribution in [0.4, 0.5) is 0 Å². The van der Waals surface area contributed by atoms with Gasteiger partial charge in [-0.1, -0.05) is 60.4 Å². The highest BCUT2D eigenvalue weighted by Gasteiger charge is 2.38. The summed E-state index contributed by atoms with van der Waals surface area (Å²) in [6, 6.07) is 12.5. The van der Waals surface area contributed by atoms with Crippen molar-refractivity contribution in [3.05, 3.63) is 64.6 Å². The lowest BCUT2D eigenvalue weighted by Gasteiger charge is -2.27. The first-order valence-corrected chi connectivity index (χ1v) is 10.6. The number of carboxylic acid groups (broad SMARTS) is 1. The van der Waals surface area contributed by atoms with Crippen LogP contribution in [0.2, 0.25) is 0 Å². The number of thiocarbonyl (C=S) groups is 1. The summed E-state index contributed by atoms with van der Waals surface area (Å²) >= 11 is 6.38. The van der Waals surface area contributed by atoms with Crippen molar-refractivity contribution in [3.63, 3.8) is 0 Å². The van der Waals surface area contributed by atoms with Crippen LogP contribution in [0.5, 0.6) is 11.5 Å². The van der Waals surface area contributed by atoms with Gasteiger partial charge in [-0.05, 0) is 43.2 Å². The van der Waals surface area contributed by atoms with Crippen LogP contribution in [0.25, 0.3) is 6.08 Å². The molecular weight excluding hydrogens is 422 g/mol. The van der Waals surface area contributed by atoms with E-state index in [9.17, 15) is 14.7 Å². The molecule has 1 aliphatic heterocycles. The van der Waals surface area contributed by atoms with Gasteiger partial charge >= 0.3 is 0 Å². The number of carbonyl (C=O) groups excluding carboxylic acids is 2. The molecule has 1 amide bonds. The van der Waals surface area contributed by atoms with Gasteiger partial charge in [0.05, 0.1) is 24.1 Å². The van der Waals surface area contributed by atoms with Crippen LogP contribution in [0.3, 0.4) is 0 Å². The smallest absolute Gasteiger partial charge is 0.267 e. The van der Waals surface area contributed by atoms with Gasteiger partial charge in [-0.2, -0.15) is 0 Å². The fourth-order valence-electron chi connectivity index (χ4n) is 3.04. The van der Waals surface area contributed by atoms with Gasteiger partial charge in [0, 0.05) is 0 Å². The molecule has 2 aromatic rings. The molecule has 0 bridgehead atoms. The first-order valence-electron chi connectivity index (χ1n) is 9.38. The quantitative estimate of drug-likeness (QED) is 0.459. The molecule has 0 aromatic heterocycles. The molecule has 156 valence electrons. The van der Waals surface area contributed by atoms with Crippen molar-refractivity contribution >= 4 is 46.3 Å². The van der Waals surface area contributed by atoms with Gasteiger partial charge in [-0.25, -0.2) is 0 Å². The zero-order valence-electron chi connectivity index (χ0n) is 16.5. The van der Waals surface area contributed by atoms with E-state index in [1.807, 2.05) is 13.8 Å². The Morgan fingerprint density at radius 3 is 2.43 bits per heavy atom. The van der Waals surface area contributed by atoms with Gasteiger partial charge in [0.25, 0.3) is 5.91 Å². The van der Waals surface area contributed by atoms with Crippen molar-refractivity contribution in [2.75, 3.05) is 13.2 Å². The zero-order chi connectivity index (χ0) is 21.7. The minimum atomic E-state index is -1.39. The number of nitrogens with zero attached hydrogens (tertiary/aromatic N) is 1. The Kier molecular flexibility index (Phi) is 7.12. The second-order valence-corrected chi connectivity index (χ2v) is 7.93. The second kappa shape index (κ2) is 9.77. The average molecular weight is 443 g/mol. The van der Waals surface area contributed by atoms with Crippen LogP contribution >= 0.6 is 24.0 Å². The summed E-state index contributed by atoms with van der Waals surface area (Å²) in [7, 11) is 0. The van der Waals surface area contributed by atoms with Crippen LogP contribution in [-0.2, 0) is 9.59 Å². The Morgan fingerprint density at radius 2 is 1.80 bits per heavy atom. The van der Waals surface area contributed by atoms with E-state index >= 15 is 0 Å². The number of carboxylic acids is 1. The van der Waals surface area contributed by atoms with E-state index in [4.69, 9.17) is 21.7 Å². The summed E-state index contributed by atoms with van der Waals surface area (Å²) in [5.74, 6) is -0.682. The summed E-state index contributed by atoms with van der Waals surface area (Å²) in [6.07, 6.45) is 1.66. The van der Waals surface area contributed by atoms with Crippen LogP contribution in [0.1, 0.15) is 31.0 Å². The highest BCUT2D eigenvalue weighted by atomic mass is 32.2. The second-order valence-electron chi connectivity index (χ2n) is 6.26. The number of benzene rings is 2. The number of thioether (sulfide) groups is 1. The van der Waals surface area contributed by atoms with E-state index < -0.39 is 17.9 Å². The zero-order valence-corrected chi connectivity index (χ0v) is 18.1. The third kappa shape index (κ3) is 4.66. The number of rotatable bonds is 8. The maximum atomic E-state index is 13.0. The van der Waals surface area contributed by atoms with E-state index in [2.05, 4.69) is 0 Å². The topological polar surface area (TPSA) is 78.9 Å². The van der Waals surface area contributed by atoms with Crippen molar-refractivity contribution in [2.24, 2.45) is 0 Å². The molecular formula is C22H20NO5S2-. The molecule has 0 radical (unpaired) electrons. The van der Waals surface area contributed by atoms with Crippen molar-refractivity contribution < 1.29 is 24.2 Å². The van der Waals surface area contributed by atoms with Crippen LogP contribution in [0.15, 0.2) is 53.4 Å². The SMILES string of the molecule is CCOc1ccc(/C=C2/SC(=S)N([C@H](C(=O)[O-])c3ccccc3)C2=O)cc1OCC. The Hall–Kier alpha value is -2.84. The van der Waals surface area contributed by atoms with Gasteiger partial charge in [-0.15, -0.1) is 0 Å². The minimum absolute atomic E-state index is 0.167. The van der Waals surface area contributed by atoms with E-state index in [0.29, 0.717) is 40.7 Å². The number of hydrogen-bond acceptors (Lipinski definition) is 7. The normalized spacial score (nSPS) is 16.1. The third-order valence-electron chi connectivity index (χ3n) is 4.29. The first-order chi connectivity index (χ1) is 14.5. The molecule has 8 heteroatoms. The molecule has 1 heterocycles. The van der Waals surface area contributed by atoms with Crippen molar-refractivity contribution in [2.45, 2.75) is 19.9 Å². The van der Waals surface area contributed by atoms with Gasteiger partial charge in [-0.3, -0.25) is 9.69 Å². The number of ether oxygens (including phenoxy) is 2. The van der Waals surface area contributed by atoms with Crippen LogP contribution in [0, 0.1) is 0 Å². The molecule has 2 aromatic carbocycles. The molecule has 0 spiro atoms. The largest absolute Gasteiger partial charge is 0.547 e. The fourth-order valence-corrected chi connectivity index (χ4v) is 4.35. The first kappa shape index (κ1) is 21.9. The Bertz CT molecular complexity index is 990. The lowest BCUT2D eigenvalue weighted by Crippen LogP contribution is -2.43. The molecule has 6 nitrogen and oxygen atoms in total. The Morgan fingerprint density at radius 1 is 1.13 bits per heavy atom. The highest BCUT2D eigenvalue weighted by Crippen LogP contribution is 2.39. The summed E-state index contributed by atoms with van der Waals surface area (Å²) < 4.78 is 11.3. The Balaban J connectivity index is 1.93. The molecule has 0 N–H and O–H groups in total. The molecule has 1 fully saturated rings. The molecule has 1 atom stereocenters. The summed E-state index contributed by atoms with van der Waals surface area (Å²) in [5, 5.41) is 11.8. The molecule has 3 rings (SSSR count). The van der Waals surface area contributed by atoms with E-state index in [-0.39, 0.29) is 4.32 Å². The number of aliphatic carboxylic acids is 1. The lowest BCUT2D eigenvalue weighted by molar-refractivity contribution is -0.310. The maximum Gasteiger partial charge on any atom is 0.267 e. The molecule has 1 saturated heterocycles. The Labute approximate surface area is 184 Å². The van der Waals surface area contributed by atoms with Crippen LogP contribution in [-0.4, -0.2) is 34.3 Å². The van der Waals surface area contributed by atoms with Gasteiger partial charge < -0.3 is 19.4 Å². The van der Waals surface area contributed by atoms with Crippen molar-refractivity contribution in [1.82, 2.24) is 4.90 Å². The molecule has 30 heavy (non-hydrogen) atoms. The predicted octanol–water partition coefficient (Wildman–Crippen LogP) is 3.18. The maximum absolute atomic E-state index is 13.0.